The topological polar surface area (TPSA) is 34.2 Å². The van der Waals surface area contributed by atoms with Gasteiger partial charge in [0, 0.05) is 26.2 Å². The molecule has 0 saturated carbocycles. The van der Waals surface area contributed by atoms with E-state index < -0.39 is 0 Å². The van der Waals surface area contributed by atoms with Gasteiger partial charge in [-0.3, -0.25) is 4.90 Å². The molecule has 0 aromatic heterocycles. The van der Waals surface area contributed by atoms with E-state index in [-0.39, 0.29) is 0 Å². The Balaban J connectivity index is 1.19. The standard InChI is InChI=1S/C18H34N2O3/c1-2-18(23-12-1)16-22-15-11-19-6-3-17(4-7-19)5-8-20-9-13-21-14-10-20/h17-18H,1-16H2. The van der Waals surface area contributed by atoms with Gasteiger partial charge >= 0.3 is 0 Å². The van der Waals surface area contributed by atoms with Gasteiger partial charge in [0.2, 0.25) is 0 Å². The Labute approximate surface area is 141 Å². The molecule has 3 heterocycles. The van der Waals surface area contributed by atoms with Crippen LogP contribution in [0.15, 0.2) is 0 Å². The molecule has 1 unspecified atom stereocenters. The minimum Gasteiger partial charge on any atom is -0.379 e. The molecule has 23 heavy (non-hydrogen) atoms. The normalized spacial score (nSPS) is 28.4. The molecule has 3 rings (SSSR count). The zero-order chi connectivity index (χ0) is 15.7. The second-order valence-corrected chi connectivity index (χ2v) is 7.24. The maximum atomic E-state index is 5.79. The number of hydrogen-bond acceptors (Lipinski definition) is 5. The summed E-state index contributed by atoms with van der Waals surface area (Å²) in [6.45, 7) is 11.5. The first kappa shape index (κ1) is 17.6. The van der Waals surface area contributed by atoms with Crippen LogP contribution in [0.3, 0.4) is 0 Å². The summed E-state index contributed by atoms with van der Waals surface area (Å²) in [4.78, 5) is 5.13. The fourth-order valence-corrected chi connectivity index (χ4v) is 3.87. The van der Waals surface area contributed by atoms with Crippen molar-refractivity contribution in [3.8, 4) is 0 Å². The fourth-order valence-electron chi connectivity index (χ4n) is 3.87. The molecule has 1 atom stereocenters. The van der Waals surface area contributed by atoms with Crippen LogP contribution in [0.5, 0.6) is 0 Å². The van der Waals surface area contributed by atoms with Crippen LogP contribution < -0.4 is 0 Å². The summed E-state index contributed by atoms with van der Waals surface area (Å²) in [5, 5.41) is 0. The minimum atomic E-state index is 0.362. The molecule has 0 radical (unpaired) electrons. The molecule has 5 nitrogen and oxygen atoms in total. The Morgan fingerprint density at radius 3 is 2.39 bits per heavy atom. The van der Waals surface area contributed by atoms with Gasteiger partial charge in [-0.1, -0.05) is 0 Å². The van der Waals surface area contributed by atoms with E-state index in [1.165, 1.54) is 51.7 Å². The third-order valence-electron chi connectivity index (χ3n) is 5.54. The molecule has 3 aliphatic heterocycles. The number of likely N-dealkylation sites (tertiary alicyclic amines) is 1. The highest BCUT2D eigenvalue weighted by Crippen LogP contribution is 2.21. The number of piperidine rings is 1. The quantitative estimate of drug-likeness (QED) is 0.633. The molecule has 0 amide bonds. The highest BCUT2D eigenvalue weighted by Gasteiger charge is 2.21. The molecule has 0 N–H and O–H groups in total. The van der Waals surface area contributed by atoms with Crippen molar-refractivity contribution in [1.82, 2.24) is 9.80 Å². The van der Waals surface area contributed by atoms with Gasteiger partial charge in [0.05, 0.1) is 32.5 Å². The summed E-state index contributed by atoms with van der Waals surface area (Å²) in [5.41, 5.74) is 0. The largest absolute Gasteiger partial charge is 0.379 e. The van der Waals surface area contributed by atoms with Crippen LogP contribution in [0.1, 0.15) is 32.1 Å². The van der Waals surface area contributed by atoms with Gasteiger partial charge in [-0.15, -0.1) is 0 Å². The number of morpholine rings is 1. The molecule has 3 aliphatic rings. The van der Waals surface area contributed by atoms with E-state index in [0.29, 0.717) is 6.10 Å². The first-order valence-electron chi connectivity index (χ1n) is 9.62. The van der Waals surface area contributed by atoms with E-state index in [4.69, 9.17) is 14.2 Å². The van der Waals surface area contributed by atoms with Crippen molar-refractivity contribution in [2.24, 2.45) is 5.92 Å². The SMILES string of the molecule is C1COC(COCCN2CCC(CCN3CCOCC3)CC2)C1. The summed E-state index contributed by atoms with van der Waals surface area (Å²) in [7, 11) is 0. The van der Waals surface area contributed by atoms with Gasteiger partial charge in [0.25, 0.3) is 0 Å². The fraction of sp³-hybridized carbons (Fsp3) is 1.00. The van der Waals surface area contributed by atoms with Crippen LogP contribution in [-0.4, -0.2) is 88.2 Å². The molecule has 3 fully saturated rings. The first-order valence-corrected chi connectivity index (χ1v) is 9.62. The molecule has 5 heteroatoms. The van der Waals surface area contributed by atoms with E-state index in [2.05, 4.69) is 9.80 Å². The van der Waals surface area contributed by atoms with Gasteiger partial charge in [0.15, 0.2) is 0 Å². The number of ether oxygens (including phenoxy) is 3. The highest BCUT2D eigenvalue weighted by atomic mass is 16.5. The van der Waals surface area contributed by atoms with Crippen LogP contribution in [0.25, 0.3) is 0 Å². The van der Waals surface area contributed by atoms with Crippen LogP contribution >= 0.6 is 0 Å². The highest BCUT2D eigenvalue weighted by molar-refractivity contribution is 4.74. The molecule has 134 valence electrons. The Bertz CT molecular complexity index is 309. The Morgan fingerprint density at radius 1 is 0.870 bits per heavy atom. The zero-order valence-electron chi connectivity index (χ0n) is 14.6. The average molecular weight is 326 g/mol. The lowest BCUT2D eigenvalue weighted by atomic mass is 9.93. The van der Waals surface area contributed by atoms with Gasteiger partial charge in [-0.05, 0) is 57.7 Å². The van der Waals surface area contributed by atoms with Crippen LogP contribution in [0, 0.1) is 5.92 Å². The molecular formula is C18H34N2O3. The number of rotatable bonds is 8. The Morgan fingerprint density at radius 2 is 1.65 bits per heavy atom. The van der Waals surface area contributed by atoms with Crippen molar-refractivity contribution in [2.45, 2.75) is 38.2 Å². The maximum Gasteiger partial charge on any atom is 0.0809 e. The van der Waals surface area contributed by atoms with Crippen molar-refractivity contribution < 1.29 is 14.2 Å². The van der Waals surface area contributed by atoms with Gasteiger partial charge in [0.1, 0.15) is 0 Å². The summed E-state index contributed by atoms with van der Waals surface area (Å²) in [6, 6.07) is 0. The van der Waals surface area contributed by atoms with Gasteiger partial charge in [-0.25, -0.2) is 0 Å². The molecule has 3 saturated heterocycles. The van der Waals surface area contributed by atoms with Gasteiger partial charge in [-0.2, -0.15) is 0 Å². The van der Waals surface area contributed by atoms with Crippen molar-refractivity contribution in [3.05, 3.63) is 0 Å². The van der Waals surface area contributed by atoms with E-state index >= 15 is 0 Å². The monoisotopic (exact) mass is 326 g/mol. The van der Waals surface area contributed by atoms with Crippen LogP contribution in [0.4, 0.5) is 0 Å². The Hall–Kier alpha value is -0.200. The lowest BCUT2D eigenvalue weighted by Gasteiger charge is -2.33. The van der Waals surface area contributed by atoms with Crippen molar-refractivity contribution >= 4 is 0 Å². The Kier molecular flexibility index (Phi) is 7.62. The number of nitrogens with zero attached hydrogens (tertiary/aromatic N) is 2. The molecule has 0 aliphatic carbocycles. The summed E-state index contributed by atoms with van der Waals surface area (Å²) in [5.74, 6) is 0.918. The predicted octanol–water partition coefficient (Wildman–Crippen LogP) is 1.62. The molecular weight excluding hydrogens is 292 g/mol. The predicted molar refractivity (Wildman–Crippen MR) is 90.8 cm³/mol. The van der Waals surface area contributed by atoms with E-state index in [9.17, 15) is 0 Å². The average Bonchev–Trinajstić information content (AvgIpc) is 3.12. The van der Waals surface area contributed by atoms with E-state index in [1.807, 2.05) is 0 Å². The lowest BCUT2D eigenvalue weighted by molar-refractivity contribution is 0.00716. The van der Waals surface area contributed by atoms with Crippen molar-refractivity contribution in [2.75, 3.05) is 72.3 Å². The molecule has 0 aromatic carbocycles. The lowest BCUT2D eigenvalue weighted by Crippen LogP contribution is -2.39. The minimum absolute atomic E-state index is 0.362. The first-order chi connectivity index (χ1) is 11.4. The third kappa shape index (κ3) is 6.31. The van der Waals surface area contributed by atoms with Gasteiger partial charge < -0.3 is 19.1 Å². The zero-order valence-corrected chi connectivity index (χ0v) is 14.6. The second-order valence-electron chi connectivity index (χ2n) is 7.24. The van der Waals surface area contributed by atoms with E-state index in [0.717, 1.165) is 58.6 Å². The maximum absolute atomic E-state index is 5.79. The molecule has 0 bridgehead atoms. The van der Waals surface area contributed by atoms with Crippen LogP contribution in [-0.2, 0) is 14.2 Å². The molecule has 0 aromatic rings. The van der Waals surface area contributed by atoms with E-state index in [1.54, 1.807) is 0 Å². The van der Waals surface area contributed by atoms with Crippen LogP contribution in [0.2, 0.25) is 0 Å². The van der Waals surface area contributed by atoms with Crippen molar-refractivity contribution in [3.63, 3.8) is 0 Å². The summed E-state index contributed by atoms with van der Waals surface area (Å²) in [6.07, 6.45) is 6.82. The summed E-state index contributed by atoms with van der Waals surface area (Å²) >= 11 is 0. The number of hydrogen-bond donors (Lipinski definition) is 0. The second kappa shape index (κ2) is 9.94. The molecule has 0 spiro atoms. The third-order valence-corrected chi connectivity index (χ3v) is 5.54. The smallest absolute Gasteiger partial charge is 0.0809 e. The van der Waals surface area contributed by atoms with Crippen molar-refractivity contribution in [1.29, 1.82) is 0 Å². The summed E-state index contributed by atoms with van der Waals surface area (Å²) < 4.78 is 16.8.